The monoisotopic (exact) mass is 199 g/mol. The molecular weight excluding hydrogens is 182 g/mol. The van der Waals surface area contributed by atoms with Crippen molar-refractivity contribution in [3.63, 3.8) is 0 Å². The summed E-state index contributed by atoms with van der Waals surface area (Å²) in [5, 5.41) is 3.57. The number of hydrogen-bond donors (Lipinski definition) is 1. The van der Waals surface area contributed by atoms with Crippen LogP contribution in [0.5, 0.6) is 0 Å². The van der Waals surface area contributed by atoms with Gasteiger partial charge in [0.25, 0.3) is 0 Å². The van der Waals surface area contributed by atoms with Gasteiger partial charge < -0.3 is 0 Å². The molecular formula is C9H17N3S. The topological polar surface area (TPSA) is 27.6 Å². The average Bonchev–Trinajstić information content (AvgIpc) is 2.49. The second kappa shape index (κ2) is 3.59. The highest BCUT2D eigenvalue weighted by molar-refractivity contribution is 8.15. The predicted molar refractivity (Wildman–Crippen MR) is 58.2 cm³/mol. The molecule has 0 radical (unpaired) electrons. The Morgan fingerprint density at radius 3 is 2.62 bits per heavy atom. The molecule has 1 fully saturated rings. The molecule has 74 valence electrons. The summed E-state index contributed by atoms with van der Waals surface area (Å²) in [5.41, 5.74) is 3.21. The Hall–Kier alpha value is -0.0600. The minimum Gasteiger partial charge on any atom is -0.282 e. The van der Waals surface area contributed by atoms with Crippen LogP contribution in [0, 0.1) is 0 Å². The largest absolute Gasteiger partial charge is 0.282 e. The van der Waals surface area contributed by atoms with E-state index in [0.29, 0.717) is 4.75 Å². The summed E-state index contributed by atoms with van der Waals surface area (Å²) in [7, 11) is 2.00. The molecule has 0 atom stereocenters. The van der Waals surface area contributed by atoms with Gasteiger partial charge in [0.05, 0.1) is 11.6 Å². The molecule has 0 aromatic heterocycles. The third-order valence-electron chi connectivity index (χ3n) is 2.94. The van der Waals surface area contributed by atoms with E-state index in [2.05, 4.69) is 22.4 Å². The molecule has 4 heteroatoms. The molecule has 0 saturated carbocycles. The molecule has 0 unspecified atom stereocenters. The first-order chi connectivity index (χ1) is 6.24. The van der Waals surface area contributed by atoms with Gasteiger partial charge in [-0.15, -0.1) is 11.8 Å². The molecule has 0 aromatic carbocycles. The first-order valence-corrected chi connectivity index (χ1v) is 5.68. The van der Waals surface area contributed by atoms with Crippen LogP contribution in [0.2, 0.25) is 0 Å². The fraction of sp³-hybridized carbons (Fsp3) is 0.889. The van der Waals surface area contributed by atoms with Gasteiger partial charge in [-0.3, -0.25) is 10.4 Å². The van der Waals surface area contributed by atoms with Crippen molar-refractivity contribution >= 4 is 16.8 Å². The third-order valence-corrected chi connectivity index (χ3v) is 4.34. The van der Waals surface area contributed by atoms with E-state index in [1.54, 1.807) is 0 Å². The Morgan fingerprint density at radius 2 is 2.15 bits per heavy atom. The second-order valence-electron chi connectivity index (χ2n) is 3.83. The summed E-state index contributed by atoms with van der Waals surface area (Å²) >= 11 is 2.00. The summed E-state index contributed by atoms with van der Waals surface area (Å²) in [4.78, 5) is 4.50. The highest BCUT2D eigenvalue weighted by Crippen LogP contribution is 2.40. The number of hydrogen-bond acceptors (Lipinski definition) is 4. The van der Waals surface area contributed by atoms with E-state index in [1.165, 1.54) is 17.9 Å². The quantitative estimate of drug-likeness (QED) is 0.686. The molecule has 0 aromatic rings. The first kappa shape index (κ1) is 9.49. The molecule has 2 aliphatic rings. The molecule has 13 heavy (non-hydrogen) atoms. The maximum absolute atomic E-state index is 4.50. The molecule has 0 aliphatic carbocycles. The van der Waals surface area contributed by atoms with Gasteiger partial charge in [0.2, 0.25) is 0 Å². The van der Waals surface area contributed by atoms with Crippen LogP contribution >= 0.6 is 11.8 Å². The van der Waals surface area contributed by atoms with Crippen LogP contribution in [0.3, 0.4) is 0 Å². The van der Waals surface area contributed by atoms with Gasteiger partial charge in [0.15, 0.2) is 0 Å². The SMILES string of the molecule is CNN1CCC2(CC1)CN=C(C)S2. The highest BCUT2D eigenvalue weighted by Gasteiger charge is 2.38. The van der Waals surface area contributed by atoms with Crippen LogP contribution < -0.4 is 5.43 Å². The summed E-state index contributed by atoms with van der Waals surface area (Å²) in [6.07, 6.45) is 2.53. The van der Waals surface area contributed by atoms with Crippen LogP contribution in [-0.2, 0) is 0 Å². The van der Waals surface area contributed by atoms with Gasteiger partial charge in [0, 0.05) is 17.8 Å². The zero-order chi connectivity index (χ0) is 9.31. The van der Waals surface area contributed by atoms with E-state index in [-0.39, 0.29) is 0 Å². The van der Waals surface area contributed by atoms with Crippen molar-refractivity contribution in [1.29, 1.82) is 0 Å². The van der Waals surface area contributed by atoms with Crippen LogP contribution in [0.15, 0.2) is 4.99 Å². The molecule has 2 aliphatic heterocycles. The van der Waals surface area contributed by atoms with E-state index >= 15 is 0 Å². The Bertz CT molecular complexity index is 219. The van der Waals surface area contributed by atoms with Gasteiger partial charge in [0.1, 0.15) is 0 Å². The van der Waals surface area contributed by atoms with Gasteiger partial charge in [-0.2, -0.15) is 0 Å². The second-order valence-corrected chi connectivity index (χ2v) is 5.49. The van der Waals surface area contributed by atoms with E-state index in [1.807, 2.05) is 18.8 Å². The van der Waals surface area contributed by atoms with Crippen LogP contribution in [0.1, 0.15) is 19.8 Å². The molecule has 0 amide bonds. The van der Waals surface area contributed by atoms with Gasteiger partial charge >= 0.3 is 0 Å². The summed E-state index contributed by atoms with van der Waals surface area (Å²) in [5.74, 6) is 0. The van der Waals surface area contributed by atoms with E-state index in [9.17, 15) is 0 Å². The molecule has 3 nitrogen and oxygen atoms in total. The lowest BCUT2D eigenvalue weighted by Gasteiger charge is -2.37. The Morgan fingerprint density at radius 1 is 1.46 bits per heavy atom. The number of hydrazine groups is 1. The highest BCUT2D eigenvalue weighted by atomic mass is 32.2. The predicted octanol–water partition coefficient (Wildman–Crippen LogP) is 1.12. The number of piperidine rings is 1. The summed E-state index contributed by atoms with van der Waals surface area (Å²) < 4.78 is 0.456. The lowest BCUT2D eigenvalue weighted by Crippen LogP contribution is -2.47. The normalized spacial score (nSPS) is 28.0. The first-order valence-electron chi connectivity index (χ1n) is 4.86. The molecule has 1 N–H and O–H groups in total. The number of thioether (sulfide) groups is 1. The molecule has 0 bridgehead atoms. The number of nitrogens with one attached hydrogen (secondary N) is 1. The lowest BCUT2D eigenvalue weighted by atomic mass is 9.97. The van der Waals surface area contributed by atoms with Crippen molar-refractivity contribution in [2.45, 2.75) is 24.5 Å². The maximum Gasteiger partial charge on any atom is 0.0651 e. The zero-order valence-electron chi connectivity index (χ0n) is 8.34. The summed E-state index contributed by atoms with van der Waals surface area (Å²) in [6.45, 7) is 5.49. The zero-order valence-corrected chi connectivity index (χ0v) is 9.15. The minimum atomic E-state index is 0.456. The van der Waals surface area contributed by atoms with E-state index in [4.69, 9.17) is 0 Å². The molecule has 2 heterocycles. The molecule has 1 spiro atoms. The lowest BCUT2D eigenvalue weighted by molar-refractivity contribution is 0.152. The molecule has 2 rings (SSSR count). The smallest absolute Gasteiger partial charge is 0.0651 e. The Balaban J connectivity index is 1.91. The Kier molecular flexibility index (Phi) is 2.62. The van der Waals surface area contributed by atoms with Gasteiger partial charge in [-0.1, -0.05) is 0 Å². The number of aliphatic imine (C=N–C) groups is 1. The van der Waals surface area contributed by atoms with Crippen molar-refractivity contribution in [1.82, 2.24) is 10.4 Å². The maximum atomic E-state index is 4.50. The third kappa shape index (κ3) is 1.90. The van der Waals surface area contributed by atoms with Crippen LogP contribution in [0.4, 0.5) is 0 Å². The van der Waals surface area contributed by atoms with Crippen molar-refractivity contribution in [3.05, 3.63) is 0 Å². The minimum absolute atomic E-state index is 0.456. The van der Waals surface area contributed by atoms with Gasteiger partial charge in [-0.25, -0.2) is 5.01 Å². The standard InChI is InChI=1S/C9H17N3S/c1-8-11-7-9(13-8)3-5-12(10-2)6-4-9/h10H,3-7H2,1-2H3. The summed E-state index contributed by atoms with van der Waals surface area (Å²) in [6, 6.07) is 0. The fourth-order valence-electron chi connectivity index (χ4n) is 2.03. The van der Waals surface area contributed by atoms with E-state index < -0.39 is 0 Å². The average molecular weight is 199 g/mol. The van der Waals surface area contributed by atoms with Gasteiger partial charge in [-0.05, 0) is 26.8 Å². The Labute approximate surface area is 83.9 Å². The number of rotatable bonds is 1. The van der Waals surface area contributed by atoms with Crippen LogP contribution in [-0.4, -0.2) is 41.5 Å². The fourth-order valence-corrected chi connectivity index (χ4v) is 3.30. The molecule has 1 saturated heterocycles. The van der Waals surface area contributed by atoms with Crippen molar-refractivity contribution in [2.24, 2.45) is 4.99 Å². The van der Waals surface area contributed by atoms with Crippen LogP contribution in [0.25, 0.3) is 0 Å². The van der Waals surface area contributed by atoms with Crippen molar-refractivity contribution < 1.29 is 0 Å². The van der Waals surface area contributed by atoms with Crippen molar-refractivity contribution in [2.75, 3.05) is 26.7 Å². The van der Waals surface area contributed by atoms with Crippen molar-refractivity contribution in [3.8, 4) is 0 Å². The number of nitrogens with zero attached hydrogens (tertiary/aromatic N) is 2. The van der Waals surface area contributed by atoms with E-state index in [0.717, 1.165) is 19.6 Å².